The molecule has 2 amide bonds. The zero-order valence-corrected chi connectivity index (χ0v) is 78.9. The van der Waals surface area contributed by atoms with Gasteiger partial charge in [0.2, 0.25) is 5.01 Å². The predicted molar refractivity (Wildman–Crippen MR) is 510 cm³/mol. The molecule has 8 N–H and O–H groups in total. The summed E-state index contributed by atoms with van der Waals surface area (Å²) in [5.74, 6) is 0.284. The number of halogens is 5. The molecule has 10 aromatic heterocycles. The van der Waals surface area contributed by atoms with Gasteiger partial charge in [-0.15, -0.1) is 0 Å². The maximum atomic E-state index is 13.7. The van der Waals surface area contributed by atoms with Crippen molar-refractivity contribution in [1.29, 1.82) is 0 Å². The lowest BCUT2D eigenvalue weighted by molar-refractivity contribution is 0.0287. The molecule has 2 saturated heterocycles. The third-order valence-electron chi connectivity index (χ3n) is 19.4. The first-order valence-corrected chi connectivity index (χ1v) is 46.8. The Labute approximate surface area is 789 Å². The van der Waals surface area contributed by atoms with Crippen molar-refractivity contribution in [3.63, 3.8) is 0 Å². The van der Waals surface area contributed by atoms with Gasteiger partial charge in [0.1, 0.15) is 131 Å². The summed E-state index contributed by atoms with van der Waals surface area (Å²) in [5.41, 5.74) is 6.73. The fourth-order valence-corrected chi connectivity index (χ4v) is 17.6. The van der Waals surface area contributed by atoms with Crippen molar-refractivity contribution >= 4 is 195 Å². The molecule has 13 heterocycles. The van der Waals surface area contributed by atoms with Crippen LogP contribution >= 0.6 is 56.7 Å². The summed E-state index contributed by atoms with van der Waals surface area (Å²) < 4.78 is 101. The van der Waals surface area contributed by atoms with Crippen molar-refractivity contribution in [2.24, 2.45) is 0 Å². The van der Waals surface area contributed by atoms with Crippen molar-refractivity contribution in [3.8, 4) is 23.0 Å². The Hall–Kier alpha value is -13.5. The minimum absolute atomic E-state index is 0.0421. The Balaban J connectivity index is 0.000000136. The number of anilines is 11. The second-order valence-electron chi connectivity index (χ2n) is 31.3. The number of Topliss-reactive ketones (excluding diaryl/α,β-unsaturated/α-hetero) is 1. The molecule has 46 heteroatoms. The summed E-state index contributed by atoms with van der Waals surface area (Å²) in [6.45, 7) is 24.5. The van der Waals surface area contributed by atoms with Gasteiger partial charge in [0.05, 0.1) is 73.1 Å². The SMILES string of the molecule is CC(C)Oc1cc(F)ccc1Nc1ncnc2sc(C(=O)NCC3CNCCO3)nc12.CC(C)Oc1cc(F)ccc1Nc1ncnc2sc(C(=O)NCCCN(C)C)nc12.CC(C)Oc1cc(F)ccc1Nc1ncnc2sc(C(=O)O)nc12.CCC(=O)c1nc2c(Nc3ccc(F)cc3OC(C)C)ncnc2s1.Fc1ccc2c(c1)CCN2c1ncnc2sc(N3CCOCC3)nc12. The first kappa shape index (κ1) is 97.5. The van der Waals surface area contributed by atoms with Gasteiger partial charge in [-0.2, -0.15) is 0 Å². The highest BCUT2D eigenvalue weighted by atomic mass is 32.1. The number of carboxylic acid groups (broad SMARTS) is 1. The molecule has 0 aliphatic carbocycles. The van der Waals surface area contributed by atoms with Crippen LogP contribution in [0.15, 0.2) is 123 Å². The van der Waals surface area contributed by atoms with Crippen LogP contribution in [0, 0.1) is 29.1 Å². The average molecular weight is 1950 g/mol. The van der Waals surface area contributed by atoms with Crippen LogP contribution in [0.1, 0.15) is 120 Å². The lowest BCUT2D eigenvalue weighted by atomic mass is 10.2. The van der Waals surface area contributed by atoms with E-state index in [1.54, 1.807) is 48.9 Å². The predicted octanol–water partition coefficient (Wildman–Crippen LogP) is 16.5. The second-order valence-corrected chi connectivity index (χ2v) is 36.2. The zero-order valence-electron chi connectivity index (χ0n) is 74.8. The lowest BCUT2D eigenvalue weighted by Crippen LogP contribution is -2.45. The van der Waals surface area contributed by atoms with E-state index in [4.69, 9.17) is 38.5 Å². The number of aromatic nitrogens is 15. The van der Waals surface area contributed by atoms with E-state index in [2.05, 4.69) is 122 Å². The van der Waals surface area contributed by atoms with Crippen LogP contribution in [-0.4, -0.2) is 225 Å². The van der Waals surface area contributed by atoms with E-state index >= 15 is 0 Å². The number of carboxylic acids is 1. The number of hydrogen-bond acceptors (Lipinski definition) is 38. The second kappa shape index (κ2) is 45.5. The normalized spacial score (nSPS) is 13.5. The van der Waals surface area contributed by atoms with E-state index in [0.717, 1.165) is 103 Å². The first-order valence-electron chi connectivity index (χ1n) is 42.7. The lowest BCUT2D eigenvalue weighted by Gasteiger charge is -2.25. The number of ether oxygens (including phenoxy) is 6. The molecule has 15 aromatic rings. The molecule has 3 aliphatic rings. The Morgan fingerprint density at radius 1 is 0.489 bits per heavy atom. The highest BCUT2D eigenvalue weighted by Crippen LogP contribution is 2.42. The minimum Gasteiger partial charge on any atom is -0.489 e. The molecule has 706 valence electrons. The summed E-state index contributed by atoms with van der Waals surface area (Å²) in [5, 5.41) is 32.2. The maximum Gasteiger partial charge on any atom is 0.365 e. The molecule has 0 saturated carbocycles. The number of nitrogens with zero attached hydrogens (tertiary/aromatic N) is 18. The molecule has 135 heavy (non-hydrogen) atoms. The largest absolute Gasteiger partial charge is 0.489 e. The van der Waals surface area contributed by atoms with E-state index in [1.807, 2.05) is 75.6 Å². The highest BCUT2D eigenvalue weighted by Gasteiger charge is 2.29. The number of amides is 2. The van der Waals surface area contributed by atoms with Crippen molar-refractivity contribution < 1.29 is 74.7 Å². The van der Waals surface area contributed by atoms with Gasteiger partial charge >= 0.3 is 5.97 Å². The van der Waals surface area contributed by atoms with Crippen molar-refractivity contribution in [2.75, 3.05) is 117 Å². The first-order chi connectivity index (χ1) is 65.0. The molecular formula is C89H94F5N25O11S5. The van der Waals surface area contributed by atoms with Crippen LogP contribution < -0.4 is 66.0 Å². The average Bonchev–Trinajstić information content (AvgIpc) is 1.62. The number of ketones is 1. The topological polar surface area (TPSA) is 431 Å². The molecule has 36 nitrogen and oxygen atoms in total. The van der Waals surface area contributed by atoms with Crippen LogP contribution in [0.2, 0.25) is 0 Å². The molecule has 0 spiro atoms. The summed E-state index contributed by atoms with van der Waals surface area (Å²) in [6, 6.07) is 21.7. The fraction of sp³-hybridized carbons (Fsp3) is 0.337. The monoisotopic (exact) mass is 1940 g/mol. The molecule has 0 radical (unpaired) electrons. The third kappa shape index (κ3) is 25.7. The van der Waals surface area contributed by atoms with Crippen molar-refractivity contribution in [2.45, 2.75) is 112 Å². The summed E-state index contributed by atoms with van der Waals surface area (Å²) in [4.78, 5) is 122. The van der Waals surface area contributed by atoms with Gasteiger partial charge in [0.25, 0.3) is 11.8 Å². The molecule has 1 atom stereocenters. The number of fused-ring (bicyclic) bond motifs is 6. The number of hydrogen-bond donors (Lipinski definition) is 8. The van der Waals surface area contributed by atoms with Crippen LogP contribution in [0.3, 0.4) is 0 Å². The number of nitrogens with one attached hydrogen (secondary N) is 7. The molecule has 5 aromatic carbocycles. The van der Waals surface area contributed by atoms with E-state index in [9.17, 15) is 41.1 Å². The number of thiazole rings is 5. The van der Waals surface area contributed by atoms with Crippen LogP contribution in [-0.2, 0) is 15.9 Å². The van der Waals surface area contributed by atoms with Crippen LogP contribution in [0.5, 0.6) is 23.0 Å². The van der Waals surface area contributed by atoms with Crippen LogP contribution in [0.25, 0.3) is 51.7 Å². The van der Waals surface area contributed by atoms with Gasteiger partial charge in [0, 0.05) is 82.2 Å². The zero-order chi connectivity index (χ0) is 95.5. The van der Waals surface area contributed by atoms with Gasteiger partial charge in [-0.05, 0) is 161 Å². The molecule has 0 bridgehead atoms. The summed E-state index contributed by atoms with van der Waals surface area (Å²) >= 11 is 6.13. The van der Waals surface area contributed by atoms with Crippen molar-refractivity contribution in [3.05, 3.63) is 177 Å². The number of benzene rings is 5. The standard InChI is InChI=1S/C20H23FN6O3S.C20H25FN6O2S.C17H16FN5OS.C17H17FN4O2S.C15H13FN4O3S/c1-11(2)30-15-7-12(21)3-4-14(15)26-17-16-19(25-10-24-17)31-20(27-16)18(28)23-9-13-8-22-5-6-29-13;1-12(2)29-15-10-13(21)6-7-14(15)25-17-16-19(24-11-23-17)30-20(26-16)18(28)22-8-5-9-27(3)4;18-12-1-2-13-11(9-12)3-4-23(13)15-14-16(20-10-19-15)25-17(21-14)22-5-7-24-8-6-22;1-4-12(23)16-22-14-15(19-8-20-17(14)25-16)21-11-6-5-10(18)7-13(11)24-9(2)3;1-7(2)23-10-5-8(16)3-4-9(10)19-12-11-13(18-6-17-12)24-14(20-11)15(21)22/h3-4,7,10-11,13,22H,5-6,8-9H2,1-2H3,(H,23,28)(H,24,25,26);6-7,10-12H,5,8-9H2,1-4H3,(H,22,28)(H,23,24,25);1-2,9-10H,3-8H2;5-9H,4H2,1-3H3,(H,19,20,21);3-7H,1-2H3,(H,21,22)(H,17,18,19). The van der Waals surface area contributed by atoms with E-state index in [-0.39, 0.29) is 63.9 Å². The van der Waals surface area contributed by atoms with Gasteiger partial charge in [-0.3, -0.25) is 14.4 Å². The van der Waals surface area contributed by atoms with Crippen LogP contribution in [0.4, 0.5) is 84.6 Å². The van der Waals surface area contributed by atoms with Gasteiger partial charge in [-0.1, -0.05) is 63.6 Å². The Morgan fingerprint density at radius 3 is 1.31 bits per heavy atom. The molecule has 1 unspecified atom stereocenters. The van der Waals surface area contributed by atoms with Gasteiger partial charge < -0.3 is 85.4 Å². The highest BCUT2D eigenvalue weighted by molar-refractivity contribution is 7.22. The molecule has 3 aliphatic heterocycles. The van der Waals surface area contributed by atoms with Crippen molar-refractivity contribution in [1.82, 2.24) is 95.6 Å². The molecular weight excluding hydrogens is 1850 g/mol. The van der Waals surface area contributed by atoms with Gasteiger partial charge in [0.15, 0.2) is 59.9 Å². The van der Waals surface area contributed by atoms with E-state index < -0.39 is 29.2 Å². The molecule has 18 rings (SSSR count). The Bertz CT molecular complexity index is 6700. The van der Waals surface area contributed by atoms with E-state index in [0.29, 0.717) is 153 Å². The van der Waals surface area contributed by atoms with Gasteiger partial charge in [-0.25, -0.2) is 102 Å². The number of carbonyl (C=O) groups is 4. The number of aromatic carboxylic acids is 1. The maximum absolute atomic E-state index is 13.7. The summed E-state index contributed by atoms with van der Waals surface area (Å²) in [7, 11) is 3.97. The quantitative estimate of drug-likeness (QED) is 0.0123. The summed E-state index contributed by atoms with van der Waals surface area (Å²) in [6.07, 6.45) is 8.52. The smallest absolute Gasteiger partial charge is 0.365 e. The fourth-order valence-electron chi connectivity index (χ4n) is 13.4. The number of carbonyl (C=O) groups excluding carboxylic acids is 3. The molecule has 2 fully saturated rings. The third-order valence-corrected chi connectivity index (χ3v) is 24.3. The number of morpholine rings is 2. The van der Waals surface area contributed by atoms with E-state index in [1.165, 1.54) is 120 Å². The number of rotatable bonds is 29. The Kier molecular flexibility index (Phi) is 32.9. The Morgan fingerprint density at radius 2 is 0.889 bits per heavy atom. The minimum atomic E-state index is -1.13.